The Kier molecular flexibility index (Phi) is 6.26. The van der Waals surface area contributed by atoms with Crippen molar-refractivity contribution in [1.82, 2.24) is 4.90 Å². The number of nitrogens with zero attached hydrogens (tertiary/aromatic N) is 1. The normalized spacial score (nSPS) is 18.7. The Morgan fingerprint density at radius 1 is 0.806 bits per heavy atom. The van der Waals surface area contributed by atoms with E-state index in [1.54, 1.807) is 0 Å². The van der Waals surface area contributed by atoms with Gasteiger partial charge in [-0.05, 0) is 49.9 Å². The van der Waals surface area contributed by atoms with Crippen LogP contribution < -0.4 is 10.2 Å². The number of hydrogen-bond donors (Lipinski definition) is 0. The molecule has 0 bridgehead atoms. The second-order valence-corrected chi connectivity index (χ2v) is 9.26. The fourth-order valence-corrected chi connectivity index (χ4v) is 5.63. The van der Waals surface area contributed by atoms with E-state index in [2.05, 4.69) is 4.90 Å². The van der Waals surface area contributed by atoms with Gasteiger partial charge in [0, 0.05) is 24.7 Å². The highest BCUT2D eigenvalue weighted by Gasteiger charge is 2.28. The lowest BCUT2D eigenvalue weighted by Crippen LogP contribution is -2.47. The first-order valence-electron chi connectivity index (χ1n) is 12.1. The van der Waals surface area contributed by atoms with Crippen molar-refractivity contribution in [1.29, 1.82) is 0 Å². The van der Waals surface area contributed by atoms with Crippen molar-refractivity contribution in [2.45, 2.75) is 76.3 Å². The molecule has 2 fully saturated rings. The minimum absolute atomic E-state index is 0.0178. The monoisotopic (exact) mass is 419 g/mol. The maximum absolute atomic E-state index is 12.7. The standard InChI is InChI=1S/C27H33NO3/c29-27-23-13-7-8-14-25(23)31-26-19-22(15-16-24(26)27)30-18-17-28(20-9-3-1-4-10-20)21-11-5-2-6-12-21/h7-8,13-16,19-21H,1-6,9-12,17-18H2. The Labute approximate surface area is 184 Å². The van der Waals surface area contributed by atoms with Crippen LogP contribution in [-0.4, -0.2) is 30.1 Å². The summed E-state index contributed by atoms with van der Waals surface area (Å²) >= 11 is 0. The summed E-state index contributed by atoms with van der Waals surface area (Å²) in [5.74, 6) is 0.776. The van der Waals surface area contributed by atoms with Gasteiger partial charge < -0.3 is 9.15 Å². The van der Waals surface area contributed by atoms with Gasteiger partial charge >= 0.3 is 0 Å². The van der Waals surface area contributed by atoms with Crippen LogP contribution in [0.25, 0.3) is 21.9 Å². The molecular weight excluding hydrogens is 386 g/mol. The fraction of sp³-hybridized carbons (Fsp3) is 0.519. The predicted molar refractivity (Wildman–Crippen MR) is 126 cm³/mol. The SMILES string of the molecule is O=c1c2ccccc2oc2cc(OCCN(C3CCCCC3)C3CCCCC3)ccc12. The van der Waals surface area contributed by atoms with E-state index < -0.39 is 0 Å². The zero-order chi connectivity index (χ0) is 21.0. The topological polar surface area (TPSA) is 42.7 Å². The van der Waals surface area contributed by atoms with Gasteiger partial charge in [0.25, 0.3) is 0 Å². The van der Waals surface area contributed by atoms with Gasteiger partial charge in [-0.1, -0.05) is 50.7 Å². The molecular formula is C27H33NO3. The summed E-state index contributed by atoms with van der Waals surface area (Å²) in [5.41, 5.74) is 1.24. The van der Waals surface area contributed by atoms with Crippen molar-refractivity contribution in [2.75, 3.05) is 13.2 Å². The molecule has 5 rings (SSSR count). The molecule has 4 heteroatoms. The van der Waals surface area contributed by atoms with Crippen LogP contribution in [0.3, 0.4) is 0 Å². The lowest BCUT2D eigenvalue weighted by molar-refractivity contribution is 0.0660. The summed E-state index contributed by atoms with van der Waals surface area (Å²) in [6, 6.07) is 14.5. The fourth-order valence-electron chi connectivity index (χ4n) is 5.63. The van der Waals surface area contributed by atoms with Crippen LogP contribution in [0.5, 0.6) is 5.75 Å². The molecule has 31 heavy (non-hydrogen) atoms. The van der Waals surface area contributed by atoms with Crippen LogP contribution in [0.4, 0.5) is 0 Å². The molecule has 1 heterocycles. The zero-order valence-corrected chi connectivity index (χ0v) is 18.4. The first kappa shape index (κ1) is 20.6. The smallest absolute Gasteiger partial charge is 0.200 e. The van der Waals surface area contributed by atoms with Crippen LogP contribution in [0.15, 0.2) is 51.7 Å². The molecule has 0 aliphatic heterocycles. The van der Waals surface area contributed by atoms with Crippen LogP contribution in [0.2, 0.25) is 0 Å². The van der Waals surface area contributed by atoms with Crippen LogP contribution in [0, 0.1) is 0 Å². The largest absolute Gasteiger partial charge is 0.492 e. The minimum atomic E-state index is 0.0178. The molecule has 0 amide bonds. The molecule has 1 aromatic heterocycles. The average molecular weight is 420 g/mol. The summed E-state index contributed by atoms with van der Waals surface area (Å²) in [6.07, 6.45) is 13.6. The van der Waals surface area contributed by atoms with Gasteiger partial charge in [-0.2, -0.15) is 0 Å². The van der Waals surface area contributed by atoms with E-state index in [0.29, 0.717) is 28.5 Å². The Hall–Kier alpha value is -2.33. The molecule has 0 atom stereocenters. The van der Waals surface area contributed by atoms with Crippen molar-refractivity contribution in [3.8, 4) is 5.75 Å². The van der Waals surface area contributed by atoms with E-state index in [4.69, 9.17) is 9.15 Å². The van der Waals surface area contributed by atoms with Gasteiger partial charge in [-0.15, -0.1) is 0 Å². The summed E-state index contributed by atoms with van der Waals surface area (Å²) in [7, 11) is 0. The Morgan fingerprint density at radius 2 is 1.45 bits per heavy atom. The van der Waals surface area contributed by atoms with Gasteiger partial charge in [-0.25, -0.2) is 0 Å². The van der Waals surface area contributed by atoms with Crippen molar-refractivity contribution in [2.24, 2.45) is 0 Å². The van der Waals surface area contributed by atoms with Crippen LogP contribution in [-0.2, 0) is 0 Å². The molecule has 0 unspecified atom stereocenters. The summed E-state index contributed by atoms with van der Waals surface area (Å²) in [6.45, 7) is 1.66. The molecule has 2 saturated carbocycles. The van der Waals surface area contributed by atoms with E-state index in [1.165, 1.54) is 64.2 Å². The number of para-hydroxylation sites is 1. The maximum atomic E-state index is 12.7. The lowest BCUT2D eigenvalue weighted by Gasteiger charge is -2.41. The number of fused-ring (bicyclic) bond motifs is 2. The van der Waals surface area contributed by atoms with Crippen LogP contribution >= 0.6 is 0 Å². The van der Waals surface area contributed by atoms with E-state index >= 15 is 0 Å². The summed E-state index contributed by atoms with van der Waals surface area (Å²) < 4.78 is 12.2. The van der Waals surface area contributed by atoms with E-state index in [-0.39, 0.29) is 5.43 Å². The van der Waals surface area contributed by atoms with Crippen molar-refractivity contribution in [3.63, 3.8) is 0 Å². The third-order valence-corrected chi connectivity index (χ3v) is 7.25. The molecule has 4 nitrogen and oxygen atoms in total. The summed E-state index contributed by atoms with van der Waals surface area (Å²) in [5, 5.41) is 1.23. The third-order valence-electron chi connectivity index (χ3n) is 7.25. The molecule has 2 aromatic carbocycles. The molecule has 3 aromatic rings. The second kappa shape index (κ2) is 9.44. The predicted octanol–water partition coefficient (Wildman–Crippen LogP) is 6.29. The molecule has 0 N–H and O–H groups in total. The minimum Gasteiger partial charge on any atom is -0.492 e. The van der Waals surface area contributed by atoms with E-state index in [1.807, 2.05) is 42.5 Å². The second-order valence-electron chi connectivity index (χ2n) is 9.26. The quantitative estimate of drug-likeness (QED) is 0.440. The number of ether oxygens (including phenoxy) is 1. The molecule has 0 saturated heterocycles. The Balaban J connectivity index is 1.30. The highest BCUT2D eigenvalue weighted by Crippen LogP contribution is 2.30. The van der Waals surface area contributed by atoms with Crippen molar-refractivity contribution in [3.05, 3.63) is 52.7 Å². The van der Waals surface area contributed by atoms with E-state index in [0.717, 1.165) is 24.4 Å². The van der Waals surface area contributed by atoms with Gasteiger partial charge in [0.15, 0.2) is 0 Å². The van der Waals surface area contributed by atoms with Gasteiger partial charge in [-0.3, -0.25) is 9.69 Å². The molecule has 2 aliphatic carbocycles. The summed E-state index contributed by atoms with van der Waals surface area (Å²) in [4.78, 5) is 15.5. The number of hydrogen-bond acceptors (Lipinski definition) is 4. The van der Waals surface area contributed by atoms with E-state index in [9.17, 15) is 4.79 Å². The number of rotatable bonds is 6. The van der Waals surface area contributed by atoms with Gasteiger partial charge in [0.05, 0.1) is 10.8 Å². The Bertz CT molecular complexity index is 1060. The first-order chi connectivity index (χ1) is 15.3. The maximum Gasteiger partial charge on any atom is 0.200 e. The molecule has 2 aliphatic rings. The molecule has 0 radical (unpaired) electrons. The molecule has 0 spiro atoms. The zero-order valence-electron chi connectivity index (χ0n) is 18.4. The lowest BCUT2D eigenvalue weighted by atomic mass is 9.88. The van der Waals surface area contributed by atoms with Gasteiger partial charge in [0.1, 0.15) is 23.5 Å². The average Bonchev–Trinajstić information content (AvgIpc) is 2.83. The Morgan fingerprint density at radius 3 is 2.16 bits per heavy atom. The molecule has 164 valence electrons. The number of benzene rings is 2. The van der Waals surface area contributed by atoms with Crippen molar-refractivity contribution < 1.29 is 9.15 Å². The highest BCUT2D eigenvalue weighted by molar-refractivity contribution is 5.90. The first-order valence-corrected chi connectivity index (χ1v) is 12.1. The third kappa shape index (κ3) is 4.50. The highest BCUT2D eigenvalue weighted by atomic mass is 16.5. The van der Waals surface area contributed by atoms with Gasteiger partial charge in [0.2, 0.25) is 5.43 Å². The van der Waals surface area contributed by atoms with Crippen molar-refractivity contribution >= 4 is 21.9 Å². The van der Waals surface area contributed by atoms with Crippen LogP contribution in [0.1, 0.15) is 64.2 Å².